The van der Waals surface area contributed by atoms with E-state index in [0.717, 1.165) is 5.56 Å². The minimum atomic E-state index is -1.64. The summed E-state index contributed by atoms with van der Waals surface area (Å²) in [5.74, 6) is -5.15. The van der Waals surface area contributed by atoms with Crippen LogP contribution in [0.2, 0.25) is 0 Å². The van der Waals surface area contributed by atoms with E-state index in [2.05, 4.69) is 10.6 Å². The number of benzene rings is 3. The van der Waals surface area contributed by atoms with Gasteiger partial charge in [-0.3, -0.25) is 9.59 Å². The molecule has 0 spiro atoms. The molecule has 0 aliphatic rings. The molecule has 0 aromatic heterocycles. The molecule has 10 heteroatoms. The normalized spacial score (nSPS) is 12.9. The molecule has 204 valence electrons. The lowest BCUT2D eigenvalue weighted by Crippen LogP contribution is -2.57. The maximum atomic E-state index is 13.3. The molecule has 0 saturated heterocycles. The summed E-state index contributed by atoms with van der Waals surface area (Å²) in [6, 6.07) is 23.3. The van der Waals surface area contributed by atoms with Crippen molar-refractivity contribution >= 4 is 23.9 Å². The topological polar surface area (TPSA) is 151 Å². The summed E-state index contributed by atoms with van der Waals surface area (Å²) < 4.78 is 10.7. The summed E-state index contributed by atoms with van der Waals surface area (Å²) in [6.45, 7) is -0.375. The molecule has 0 heterocycles. The number of alkyl carbamates (subject to hydrolysis) is 1. The number of rotatable bonds is 14. The van der Waals surface area contributed by atoms with Crippen molar-refractivity contribution in [1.29, 1.82) is 0 Å². The summed E-state index contributed by atoms with van der Waals surface area (Å²) in [4.78, 5) is 50.0. The number of nitrogens with one attached hydrogen (secondary N) is 2. The minimum Gasteiger partial charge on any atom is -0.481 e. The van der Waals surface area contributed by atoms with Crippen LogP contribution in [-0.2, 0) is 43.5 Å². The second-order valence-corrected chi connectivity index (χ2v) is 8.72. The minimum absolute atomic E-state index is 0.102. The molecule has 3 atom stereocenters. The van der Waals surface area contributed by atoms with Crippen LogP contribution in [0.4, 0.5) is 4.79 Å². The van der Waals surface area contributed by atoms with Gasteiger partial charge < -0.3 is 30.3 Å². The number of ether oxygens (including phenoxy) is 2. The molecule has 4 N–H and O–H groups in total. The quantitative estimate of drug-likeness (QED) is 0.246. The van der Waals surface area contributed by atoms with Gasteiger partial charge in [-0.1, -0.05) is 91.0 Å². The Morgan fingerprint density at radius 1 is 0.667 bits per heavy atom. The van der Waals surface area contributed by atoms with E-state index in [1.807, 2.05) is 6.07 Å². The van der Waals surface area contributed by atoms with Gasteiger partial charge in [0.25, 0.3) is 0 Å². The van der Waals surface area contributed by atoms with Crippen molar-refractivity contribution in [3.05, 3.63) is 108 Å². The van der Waals surface area contributed by atoms with Crippen LogP contribution in [0.1, 0.15) is 16.7 Å². The molecular weight excluding hydrogens is 504 g/mol. The highest BCUT2D eigenvalue weighted by Crippen LogP contribution is 2.15. The Balaban J connectivity index is 1.73. The van der Waals surface area contributed by atoms with E-state index in [0.29, 0.717) is 11.1 Å². The summed E-state index contributed by atoms with van der Waals surface area (Å²) in [6.07, 6.45) is -1.12. The molecule has 39 heavy (non-hydrogen) atoms. The fourth-order valence-corrected chi connectivity index (χ4v) is 3.76. The number of aliphatic carboxylic acids is 2. The van der Waals surface area contributed by atoms with Crippen molar-refractivity contribution < 1.29 is 38.9 Å². The van der Waals surface area contributed by atoms with Gasteiger partial charge in [0.2, 0.25) is 5.91 Å². The Morgan fingerprint density at radius 3 is 1.69 bits per heavy atom. The molecule has 0 aliphatic carbocycles. The molecule has 3 rings (SSSR count). The van der Waals surface area contributed by atoms with E-state index < -0.39 is 41.9 Å². The first-order chi connectivity index (χ1) is 18.8. The van der Waals surface area contributed by atoms with Crippen LogP contribution < -0.4 is 10.6 Å². The molecular formula is C29H30N2O8. The third kappa shape index (κ3) is 9.60. The van der Waals surface area contributed by atoms with Crippen LogP contribution in [0, 0.1) is 5.92 Å². The van der Waals surface area contributed by atoms with Crippen LogP contribution >= 0.6 is 0 Å². The molecule has 2 amide bonds. The standard InChI is InChI=1S/C29H30N2O8/c32-26(30-24(28(35)36)19-38-17-21-12-6-2-7-13-21)25(23(27(33)34)16-20-10-4-1-5-11-20)31-29(37)39-18-22-14-8-3-9-15-22/h1-15,23-25H,16-19H2,(H,30,32)(H,31,37)(H,33,34)(H,35,36)/t23?,24-,25+/m1/s1. The molecule has 0 fully saturated rings. The first-order valence-corrected chi connectivity index (χ1v) is 12.2. The first-order valence-electron chi connectivity index (χ1n) is 12.2. The lowest BCUT2D eigenvalue weighted by molar-refractivity contribution is -0.147. The van der Waals surface area contributed by atoms with Gasteiger partial charge in [0.15, 0.2) is 6.04 Å². The molecule has 3 aromatic rings. The Morgan fingerprint density at radius 2 is 1.18 bits per heavy atom. The van der Waals surface area contributed by atoms with Crippen molar-refractivity contribution in [3.63, 3.8) is 0 Å². The SMILES string of the molecule is O=C(N[C@H](C(=O)N[C@H](COCc1ccccc1)C(=O)O)C(Cc1ccccc1)C(=O)O)OCc1ccccc1. The number of hydrogen-bond donors (Lipinski definition) is 4. The highest BCUT2D eigenvalue weighted by Gasteiger charge is 2.37. The second kappa shape index (κ2) is 14.9. The Labute approximate surface area is 225 Å². The lowest BCUT2D eigenvalue weighted by Gasteiger charge is -2.26. The zero-order chi connectivity index (χ0) is 28.0. The molecule has 0 aliphatic heterocycles. The van der Waals surface area contributed by atoms with Gasteiger partial charge in [0.05, 0.1) is 19.1 Å². The smallest absolute Gasteiger partial charge is 0.408 e. The van der Waals surface area contributed by atoms with E-state index >= 15 is 0 Å². The summed E-state index contributed by atoms with van der Waals surface area (Å²) in [5.41, 5.74) is 2.11. The molecule has 0 radical (unpaired) electrons. The van der Waals surface area contributed by atoms with Gasteiger partial charge in [-0.25, -0.2) is 9.59 Å². The number of carboxylic acids is 2. The fourth-order valence-electron chi connectivity index (χ4n) is 3.76. The number of amides is 2. The van der Waals surface area contributed by atoms with Crippen molar-refractivity contribution in [3.8, 4) is 0 Å². The van der Waals surface area contributed by atoms with Crippen LogP contribution in [0.25, 0.3) is 0 Å². The van der Waals surface area contributed by atoms with E-state index in [1.54, 1.807) is 84.9 Å². The average Bonchev–Trinajstić information content (AvgIpc) is 2.94. The zero-order valence-corrected chi connectivity index (χ0v) is 21.1. The molecule has 0 saturated carbocycles. The summed E-state index contributed by atoms with van der Waals surface area (Å²) in [5, 5.41) is 24.3. The monoisotopic (exact) mass is 534 g/mol. The van der Waals surface area contributed by atoms with Crippen LogP contribution in [0.15, 0.2) is 91.0 Å². The van der Waals surface area contributed by atoms with Crippen molar-refractivity contribution in [2.45, 2.75) is 31.7 Å². The Kier molecular flexibility index (Phi) is 11.0. The van der Waals surface area contributed by atoms with E-state index in [1.165, 1.54) is 0 Å². The van der Waals surface area contributed by atoms with Gasteiger partial charge in [-0.05, 0) is 23.1 Å². The summed E-state index contributed by atoms with van der Waals surface area (Å²) in [7, 11) is 0. The number of carbonyl (C=O) groups is 4. The second-order valence-electron chi connectivity index (χ2n) is 8.72. The predicted molar refractivity (Wildman–Crippen MR) is 140 cm³/mol. The third-order valence-electron chi connectivity index (χ3n) is 5.80. The van der Waals surface area contributed by atoms with Gasteiger partial charge in [0, 0.05) is 0 Å². The number of carbonyl (C=O) groups excluding carboxylic acids is 2. The lowest BCUT2D eigenvalue weighted by atomic mass is 9.91. The molecule has 3 aromatic carbocycles. The van der Waals surface area contributed by atoms with Crippen LogP contribution in [0.3, 0.4) is 0 Å². The Hall–Kier alpha value is -4.70. The predicted octanol–water partition coefficient (Wildman–Crippen LogP) is 3.01. The van der Waals surface area contributed by atoms with Crippen LogP contribution in [-0.4, -0.2) is 52.8 Å². The van der Waals surface area contributed by atoms with Gasteiger partial charge in [-0.15, -0.1) is 0 Å². The largest absolute Gasteiger partial charge is 0.481 e. The third-order valence-corrected chi connectivity index (χ3v) is 5.80. The van der Waals surface area contributed by atoms with E-state index in [9.17, 15) is 29.4 Å². The number of hydrogen-bond acceptors (Lipinski definition) is 6. The zero-order valence-electron chi connectivity index (χ0n) is 21.1. The number of carboxylic acid groups (broad SMARTS) is 2. The summed E-state index contributed by atoms with van der Waals surface area (Å²) >= 11 is 0. The van der Waals surface area contributed by atoms with Gasteiger partial charge in [-0.2, -0.15) is 0 Å². The van der Waals surface area contributed by atoms with Crippen molar-refractivity contribution in [2.24, 2.45) is 5.92 Å². The van der Waals surface area contributed by atoms with E-state index in [4.69, 9.17) is 9.47 Å². The first kappa shape index (κ1) is 28.9. The average molecular weight is 535 g/mol. The maximum absolute atomic E-state index is 13.3. The van der Waals surface area contributed by atoms with Gasteiger partial charge in [0.1, 0.15) is 12.6 Å². The molecule has 10 nitrogen and oxygen atoms in total. The highest BCUT2D eigenvalue weighted by molar-refractivity contribution is 5.93. The Bertz CT molecular complexity index is 1220. The highest BCUT2D eigenvalue weighted by atomic mass is 16.5. The molecule has 1 unspecified atom stereocenters. The fraction of sp³-hybridized carbons (Fsp3) is 0.241. The molecule has 0 bridgehead atoms. The van der Waals surface area contributed by atoms with Crippen molar-refractivity contribution in [2.75, 3.05) is 6.61 Å². The van der Waals surface area contributed by atoms with Gasteiger partial charge >= 0.3 is 18.0 Å². The van der Waals surface area contributed by atoms with E-state index in [-0.39, 0.29) is 26.2 Å². The maximum Gasteiger partial charge on any atom is 0.408 e. The van der Waals surface area contributed by atoms with Crippen molar-refractivity contribution in [1.82, 2.24) is 10.6 Å². The van der Waals surface area contributed by atoms with Crippen LogP contribution in [0.5, 0.6) is 0 Å².